The Morgan fingerprint density at radius 2 is 0.885 bits per heavy atom. The van der Waals surface area contributed by atoms with Crippen LogP contribution in [0.2, 0.25) is 0 Å². The minimum absolute atomic E-state index is 1.29. The van der Waals surface area contributed by atoms with E-state index >= 15 is 0 Å². The van der Waals surface area contributed by atoms with Gasteiger partial charge in [0.15, 0.2) is 5.25 Å². The lowest BCUT2D eigenvalue weighted by molar-refractivity contribution is -0.451. The van der Waals surface area contributed by atoms with Gasteiger partial charge in [-0.25, -0.2) is 8.78 Å². The van der Waals surface area contributed by atoms with Crippen molar-refractivity contribution in [3.63, 3.8) is 0 Å². The molecule has 52 heavy (non-hydrogen) atoms. The molecule has 310 valence electrons. The Balaban J connectivity index is 4.92. The van der Waals surface area contributed by atoms with Gasteiger partial charge in [-0.3, -0.25) is 23.6 Å². The average Bonchev–Trinajstić information content (AvgIpc) is 2.92. The summed E-state index contributed by atoms with van der Waals surface area (Å²) in [5.41, 5.74) is 0. The first kappa shape index (κ1) is 49.3. The highest BCUT2D eigenvalue weighted by Crippen LogP contribution is 2.49. The maximum Gasteiger partial charge on any atom is 0.462 e. The summed E-state index contributed by atoms with van der Waals surface area (Å²) < 4.78 is 308. The molecule has 0 saturated carbocycles. The van der Waals surface area contributed by atoms with Gasteiger partial charge >= 0.3 is 60.2 Å². The lowest BCUT2D eigenvalue weighted by Gasteiger charge is -2.30. The molecule has 0 rings (SSSR count). The van der Waals surface area contributed by atoms with Gasteiger partial charge in [-0.1, -0.05) is 0 Å². The van der Waals surface area contributed by atoms with E-state index in [-0.39, 0.29) is 0 Å². The first-order chi connectivity index (χ1) is 22.9. The highest BCUT2D eigenvalue weighted by atomic mass is 32.2. The van der Waals surface area contributed by atoms with Crippen molar-refractivity contribution in [2.24, 2.45) is 0 Å². The molecule has 0 bridgehead atoms. The Morgan fingerprint density at radius 3 is 1.19 bits per heavy atom. The van der Waals surface area contributed by atoms with Gasteiger partial charge in [-0.05, 0) is 0 Å². The van der Waals surface area contributed by atoms with Crippen LogP contribution in [0.5, 0.6) is 0 Å². The zero-order valence-electron chi connectivity index (χ0n) is 24.2. The fourth-order valence-corrected chi connectivity index (χ4v) is 3.14. The smallest absolute Gasteiger partial charge is 0.462 e. The van der Waals surface area contributed by atoms with Crippen LogP contribution in [-0.4, -0.2) is 131 Å². The summed E-state index contributed by atoms with van der Waals surface area (Å²) in [6.07, 6.45) is -39.4. The first-order valence-corrected chi connectivity index (χ1v) is 13.9. The first-order valence-electron chi connectivity index (χ1n) is 12.4. The number of hydrogen-bond donors (Lipinski definition) is 1. The van der Waals surface area contributed by atoms with Crippen molar-refractivity contribution in [1.29, 1.82) is 0 Å². The molecule has 32 heteroatoms. The predicted octanol–water partition coefficient (Wildman–Crippen LogP) is 5.23. The van der Waals surface area contributed by atoms with E-state index in [4.69, 9.17) is 4.55 Å². The largest absolute Gasteiger partial charge is 0.463 e. The van der Waals surface area contributed by atoms with E-state index < -0.39 is 134 Å². The van der Waals surface area contributed by atoms with Crippen molar-refractivity contribution in [3.8, 4) is 0 Å². The van der Waals surface area contributed by atoms with Crippen molar-refractivity contribution in [3.05, 3.63) is 0 Å². The molecule has 1 N–H and O–H groups in total. The second-order valence-corrected chi connectivity index (χ2v) is 10.9. The minimum Gasteiger partial charge on any atom is -0.463 e. The quantitative estimate of drug-likeness (QED) is 0.0663. The molecule has 0 aliphatic carbocycles. The molecular weight excluding hydrogens is 828 g/mol. The van der Waals surface area contributed by atoms with Crippen LogP contribution in [0.4, 0.5) is 87.8 Å². The molecule has 0 fully saturated rings. The van der Waals surface area contributed by atoms with E-state index in [1.54, 1.807) is 0 Å². The molecule has 0 saturated heterocycles. The Bertz CT molecular complexity index is 1290. The van der Waals surface area contributed by atoms with Crippen LogP contribution in [0, 0.1) is 0 Å². The van der Waals surface area contributed by atoms with Crippen LogP contribution in [0.1, 0.15) is 6.42 Å². The van der Waals surface area contributed by atoms with Crippen LogP contribution in [0.3, 0.4) is 0 Å². The lowest BCUT2D eigenvalue weighted by atomic mass is 10.3. The van der Waals surface area contributed by atoms with E-state index in [0.29, 0.717) is 0 Å². The number of hydrogen-bond acceptors (Lipinski definition) is 10. The summed E-state index contributed by atoms with van der Waals surface area (Å²) >= 11 is 0. The number of esters is 2. The maximum absolute atomic E-state index is 13.5. The lowest BCUT2D eigenvalue weighted by Crippen LogP contribution is -2.56. The minimum atomic E-state index is -7.16. The maximum atomic E-state index is 13.5. The monoisotopic (exact) mass is 846 g/mol. The van der Waals surface area contributed by atoms with Crippen molar-refractivity contribution in [2.75, 3.05) is 39.6 Å². The van der Waals surface area contributed by atoms with Gasteiger partial charge in [0.1, 0.15) is 26.4 Å². The third kappa shape index (κ3) is 13.3. The number of alkyl halides is 20. The Morgan fingerprint density at radius 1 is 0.558 bits per heavy atom. The standard InChI is InChI=1S/C20H18F20O11S/c21-11(50-19(37,38)15(27,28)17(31,32)33)13(23,24)6-46-1-3-48-9(41)5-8(52(43,44)45)10(42)49-4-2-47-7-14(25,26)12(22)51-20(39,40)16(29,30)18(34,35)36/h8,11-12H,1-7H2,(H,43,44,45). The van der Waals surface area contributed by atoms with Gasteiger partial charge in [0, 0.05) is 0 Å². The number of carbonyl (C=O) groups is 2. The second kappa shape index (κ2) is 17.2. The molecule has 11 nitrogen and oxygen atoms in total. The van der Waals surface area contributed by atoms with Gasteiger partial charge in [0.2, 0.25) is 0 Å². The molecule has 0 amide bonds. The Labute approximate surface area is 274 Å². The van der Waals surface area contributed by atoms with E-state index in [0.717, 1.165) is 0 Å². The van der Waals surface area contributed by atoms with E-state index in [2.05, 4.69) is 28.4 Å². The molecule has 3 unspecified atom stereocenters. The van der Waals surface area contributed by atoms with Crippen LogP contribution < -0.4 is 0 Å². The summed E-state index contributed by atoms with van der Waals surface area (Å²) in [6, 6.07) is 0. The molecule has 0 aliphatic rings. The fraction of sp³-hybridized carbons (Fsp3) is 0.900. The molecule has 3 atom stereocenters. The number of carbonyl (C=O) groups excluding carboxylic acids is 2. The molecule has 0 spiro atoms. The summed E-state index contributed by atoms with van der Waals surface area (Å²) in [6.45, 7) is -10.3. The molecule has 0 heterocycles. The number of rotatable bonds is 22. The number of halogens is 20. The van der Waals surface area contributed by atoms with Crippen LogP contribution >= 0.6 is 0 Å². The highest BCUT2D eigenvalue weighted by molar-refractivity contribution is 7.87. The van der Waals surface area contributed by atoms with Crippen LogP contribution in [0.25, 0.3) is 0 Å². The summed E-state index contributed by atoms with van der Waals surface area (Å²) in [5.74, 6) is -29.1. The number of ether oxygens (including phenoxy) is 6. The third-order valence-electron chi connectivity index (χ3n) is 5.14. The third-order valence-corrected chi connectivity index (χ3v) is 6.21. The summed E-state index contributed by atoms with van der Waals surface area (Å²) in [4.78, 5) is 23.6. The molecule has 0 aromatic rings. The van der Waals surface area contributed by atoms with Gasteiger partial charge in [0.25, 0.3) is 22.8 Å². The van der Waals surface area contributed by atoms with Gasteiger partial charge in [0.05, 0.1) is 19.6 Å². The average molecular weight is 846 g/mol. The summed E-state index contributed by atoms with van der Waals surface area (Å²) in [7, 11) is -5.66. The van der Waals surface area contributed by atoms with E-state index in [1.165, 1.54) is 0 Å². The van der Waals surface area contributed by atoms with E-state index in [9.17, 15) is 106 Å². The van der Waals surface area contributed by atoms with Crippen LogP contribution in [-0.2, 0) is 48.1 Å². The molecular formula is C20H18F20O11S. The normalized spacial score (nSPS) is 16.3. The Hall–Kier alpha value is -2.71. The molecule has 0 radical (unpaired) electrons. The van der Waals surface area contributed by atoms with Crippen molar-refractivity contribution in [1.82, 2.24) is 0 Å². The zero-order valence-corrected chi connectivity index (χ0v) is 25.0. The van der Waals surface area contributed by atoms with Crippen molar-refractivity contribution >= 4 is 22.1 Å². The van der Waals surface area contributed by atoms with Crippen LogP contribution in [0.15, 0.2) is 0 Å². The molecule has 0 aromatic carbocycles. The molecule has 0 aliphatic heterocycles. The summed E-state index contributed by atoms with van der Waals surface area (Å²) in [5, 5.41) is -2.96. The van der Waals surface area contributed by atoms with Gasteiger partial charge < -0.3 is 18.9 Å². The molecule has 0 aromatic heterocycles. The fourth-order valence-electron chi connectivity index (χ4n) is 2.49. The van der Waals surface area contributed by atoms with Crippen molar-refractivity contribution < 1.29 is 139 Å². The van der Waals surface area contributed by atoms with Gasteiger partial charge in [-0.2, -0.15) is 87.4 Å². The SMILES string of the molecule is O=C(CC(C(=O)OCCOCC(F)(F)C(F)OC(F)(F)C(F)(F)C(F)(F)F)S(=O)(=O)O)OCCOCC(F)(F)C(F)OC(F)(F)C(F)(F)C(F)(F)F. The van der Waals surface area contributed by atoms with E-state index in [1.807, 2.05) is 0 Å². The zero-order chi connectivity index (χ0) is 41.6. The highest BCUT2D eigenvalue weighted by Gasteiger charge is 2.77. The Kier molecular flexibility index (Phi) is 16.3. The predicted molar refractivity (Wildman–Crippen MR) is 117 cm³/mol. The topological polar surface area (TPSA) is 144 Å². The second-order valence-electron chi connectivity index (χ2n) is 9.27. The van der Waals surface area contributed by atoms with Gasteiger partial charge in [-0.15, -0.1) is 0 Å². The van der Waals surface area contributed by atoms with Crippen molar-refractivity contribution in [2.45, 2.75) is 72.6 Å².